The highest BCUT2D eigenvalue weighted by Gasteiger charge is 2.23. The molecule has 19 heavy (non-hydrogen) atoms. The quantitative estimate of drug-likeness (QED) is 0.384. The smallest absolute Gasteiger partial charge is 0.159 e. The van der Waals surface area contributed by atoms with Gasteiger partial charge in [-0.05, 0) is 46.0 Å². The molecule has 3 heteroatoms. The fraction of sp³-hybridized carbons (Fsp3) is 0.875. The van der Waals surface area contributed by atoms with Crippen LogP contribution in [0, 0.1) is 11.8 Å². The first-order valence-electron chi connectivity index (χ1n) is 7.49. The van der Waals surface area contributed by atoms with Gasteiger partial charge in [0, 0.05) is 18.4 Å². The maximum atomic E-state index is 5.92. The molecular weight excluding hydrogens is 304 g/mol. The van der Waals surface area contributed by atoms with Crippen LogP contribution in [0.5, 0.6) is 0 Å². The van der Waals surface area contributed by atoms with Crippen molar-refractivity contribution in [3.8, 4) is 11.8 Å². The van der Waals surface area contributed by atoms with E-state index in [-0.39, 0.29) is 6.29 Å². The van der Waals surface area contributed by atoms with Crippen LogP contribution in [-0.2, 0) is 9.47 Å². The van der Waals surface area contributed by atoms with Gasteiger partial charge in [0.2, 0.25) is 0 Å². The van der Waals surface area contributed by atoms with Crippen molar-refractivity contribution in [2.24, 2.45) is 0 Å². The van der Waals surface area contributed by atoms with Gasteiger partial charge in [0.05, 0.1) is 0 Å². The van der Waals surface area contributed by atoms with Crippen LogP contribution in [0.1, 0.15) is 65.2 Å². The summed E-state index contributed by atoms with van der Waals surface area (Å²) in [7, 11) is 0. The van der Waals surface area contributed by atoms with Crippen molar-refractivity contribution in [3.63, 3.8) is 0 Å². The van der Waals surface area contributed by atoms with Gasteiger partial charge in [0.25, 0.3) is 0 Å². The highest BCUT2D eigenvalue weighted by molar-refractivity contribution is 9.09. The van der Waals surface area contributed by atoms with Crippen molar-refractivity contribution in [3.05, 3.63) is 0 Å². The monoisotopic (exact) mass is 330 g/mol. The van der Waals surface area contributed by atoms with Crippen LogP contribution in [0.15, 0.2) is 0 Å². The van der Waals surface area contributed by atoms with Gasteiger partial charge in [0.15, 0.2) is 6.29 Å². The first-order valence-corrected chi connectivity index (χ1v) is 8.61. The van der Waals surface area contributed by atoms with E-state index in [1.165, 1.54) is 32.1 Å². The molecule has 1 fully saturated rings. The first kappa shape index (κ1) is 17.0. The van der Waals surface area contributed by atoms with Gasteiger partial charge in [-0.2, -0.15) is 0 Å². The highest BCUT2D eigenvalue weighted by Crippen LogP contribution is 2.20. The SMILES string of the molecule is CC(C)(C#CCCCCCCBr)OC1CCCCO1. The Bertz CT molecular complexity index is 285. The maximum Gasteiger partial charge on any atom is 0.159 e. The topological polar surface area (TPSA) is 18.5 Å². The van der Waals surface area contributed by atoms with Crippen molar-refractivity contribution in [1.82, 2.24) is 0 Å². The van der Waals surface area contributed by atoms with E-state index >= 15 is 0 Å². The molecule has 0 bridgehead atoms. The Balaban J connectivity index is 2.17. The van der Waals surface area contributed by atoms with E-state index < -0.39 is 5.60 Å². The van der Waals surface area contributed by atoms with E-state index in [1.807, 2.05) is 13.8 Å². The molecule has 0 aliphatic carbocycles. The molecule has 0 aromatic carbocycles. The van der Waals surface area contributed by atoms with Crippen molar-refractivity contribution in [1.29, 1.82) is 0 Å². The summed E-state index contributed by atoms with van der Waals surface area (Å²) in [6, 6.07) is 0. The van der Waals surface area contributed by atoms with Crippen molar-refractivity contribution >= 4 is 15.9 Å². The van der Waals surface area contributed by atoms with Crippen molar-refractivity contribution in [2.45, 2.75) is 77.1 Å². The molecule has 1 heterocycles. The average Bonchev–Trinajstić information content (AvgIpc) is 2.38. The molecule has 110 valence electrons. The second-order valence-electron chi connectivity index (χ2n) is 5.58. The Kier molecular flexibility index (Phi) is 8.77. The van der Waals surface area contributed by atoms with Crippen LogP contribution in [0.4, 0.5) is 0 Å². The Hall–Kier alpha value is -0.0400. The van der Waals surface area contributed by atoms with E-state index in [0.29, 0.717) is 0 Å². The normalized spacial score (nSPS) is 19.8. The summed E-state index contributed by atoms with van der Waals surface area (Å²) in [5.74, 6) is 6.49. The van der Waals surface area contributed by atoms with Crippen LogP contribution in [-0.4, -0.2) is 23.8 Å². The van der Waals surface area contributed by atoms with E-state index in [2.05, 4.69) is 27.8 Å². The van der Waals surface area contributed by atoms with Crippen LogP contribution < -0.4 is 0 Å². The molecule has 0 N–H and O–H groups in total. The fourth-order valence-corrected chi connectivity index (χ4v) is 2.50. The number of rotatable bonds is 7. The first-order chi connectivity index (χ1) is 9.14. The summed E-state index contributed by atoms with van der Waals surface area (Å²) < 4.78 is 11.5. The summed E-state index contributed by atoms with van der Waals surface area (Å²) in [6.07, 6.45) is 9.28. The molecule has 1 rings (SSSR count). The van der Waals surface area contributed by atoms with Gasteiger partial charge >= 0.3 is 0 Å². The maximum absolute atomic E-state index is 5.92. The molecule has 0 aromatic heterocycles. The molecule has 1 aliphatic heterocycles. The number of halogens is 1. The molecule has 0 amide bonds. The van der Waals surface area contributed by atoms with Gasteiger partial charge < -0.3 is 9.47 Å². The minimum absolute atomic E-state index is 0.0584. The Morgan fingerprint density at radius 2 is 2.00 bits per heavy atom. The summed E-state index contributed by atoms with van der Waals surface area (Å²) >= 11 is 3.45. The largest absolute Gasteiger partial charge is 0.353 e. The number of hydrogen-bond donors (Lipinski definition) is 0. The Morgan fingerprint density at radius 1 is 1.21 bits per heavy atom. The molecule has 1 unspecified atom stereocenters. The predicted octanol–water partition coefficient (Wildman–Crippen LogP) is 4.66. The summed E-state index contributed by atoms with van der Waals surface area (Å²) in [6.45, 7) is 4.88. The lowest BCUT2D eigenvalue weighted by atomic mass is 10.1. The molecule has 0 aromatic rings. The van der Waals surface area contributed by atoms with Gasteiger partial charge in [-0.15, -0.1) is 5.92 Å². The van der Waals surface area contributed by atoms with Gasteiger partial charge in [-0.3, -0.25) is 0 Å². The zero-order valence-corrected chi connectivity index (χ0v) is 13.9. The second-order valence-corrected chi connectivity index (χ2v) is 6.37. The van der Waals surface area contributed by atoms with E-state index in [4.69, 9.17) is 9.47 Å². The van der Waals surface area contributed by atoms with Crippen LogP contribution in [0.3, 0.4) is 0 Å². The lowest BCUT2D eigenvalue weighted by Crippen LogP contribution is -2.33. The number of alkyl halides is 1. The van der Waals surface area contributed by atoms with Gasteiger partial charge in [0.1, 0.15) is 5.60 Å². The number of unbranched alkanes of at least 4 members (excludes halogenated alkanes) is 4. The van der Waals surface area contributed by atoms with Crippen LogP contribution >= 0.6 is 15.9 Å². The standard InChI is InChI=1S/C16H27BrO2/c1-16(2,19-15-11-7-10-14-18-15)12-8-5-3-4-6-9-13-17/h15H,3-7,9-11,13-14H2,1-2H3. The second kappa shape index (κ2) is 9.80. The van der Waals surface area contributed by atoms with E-state index in [9.17, 15) is 0 Å². The Morgan fingerprint density at radius 3 is 2.68 bits per heavy atom. The third-order valence-electron chi connectivity index (χ3n) is 3.14. The summed E-state index contributed by atoms with van der Waals surface area (Å²) in [5, 5.41) is 1.11. The number of ether oxygens (including phenoxy) is 2. The van der Waals surface area contributed by atoms with E-state index in [0.717, 1.165) is 31.2 Å². The minimum atomic E-state index is -0.391. The summed E-state index contributed by atoms with van der Waals surface area (Å²) in [4.78, 5) is 0. The lowest BCUT2D eigenvalue weighted by Gasteiger charge is -2.29. The van der Waals surface area contributed by atoms with Gasteiger partial charge in [-0.1, -0.05) is 34.7 Å². The van der Waals surface area contributed by atoms with Crippen molar-refractivity contribution in [2.75, 3.05) is 11.9 Å². The fourth-order valence-electron chi connectivity index (χ4n) is 2.10. The predicted molar refractivity (Wildman–Crippen MR) is 83.4 cm³/mol. The molecular formula is C16H27BrO2. The number of hydrogen-bond acceptors (Lipinski definition) is 2. The van der Waals surface area contributed by atoms with Crippen LogP contribution in [0.2, 0.25) is 0 Å². The average molecular weight is 331 g/mol. The zero-order valence-electron chi connectivity index (χ0n) is 12.3. The molecule has 1 atom stereocenters. The molecule has 2 nitrogen and oxygen atoms in total. The third kappa shape index (κ3) is 8.68. The molecule has 0 spiro atoms. The summed E-state index contributed by atoms with van der Waals surface area (Å²) in [5.41, 5.74) is -0.391. The molecule has 0 radical (unpaired) electrons. The Labute approximate surface area is 126 Å². The van der Waals surface area contributed by atoms with Gasteiger partial charge in [-0.25, -0.2) is 0 Å². The minimum Gasteiger partial charge on any atom is -0.353 e. The van der Waals surface area contributed by atoms with Crippen LogP contribution in [0.25, 0.3) is 0 Å². The van der Waals surface area contributed by atoms with Crippen molar-refractivity contribution < 1.29 is 9.47 Å². The third-order valence-corrected chi connectivity index (χ3v) is 3.70. The lowest BCUT2D eigenvalue weighted by molar-refractivity contribution is -0.199. The highest BCUT2D eigenvalue weighted by atomic mass is 79.9. The molecule has 1 aliphatic rings. The zero-order chi connectivity index (χ0) is 14.0. The van der Waals surface area contributed by atoms with E-state index in [1.54, 1.807) is 0 Å². The molecule has 1 saturated heterocycles. The molecule has 0 saturated carbocycles.